The van der Waals surface area contributed by atoms with Crippen LogP contribution in [0.1, 0.15) is 46.7 Å². The van der Waals surface area contributed by atoms with Gasteiger partial charge in [0.05, 0.1) is 17.7 Å². The predicted molar refractivity (Wildman–Crippen MR) is 123 cm³/mol. The van der Waals surface area contributed by atoms with Crippen molar-refractivity contribution in [2.24, 2.45) is 0 Å². The molecular formula is C24H26N2O2S2. The first-order valence-electron chi connectivity index (χ1n) is 10.7. The smallest absolute Gasteiger partial charge is 0.261 e. The average Bonchev–Trinajstić information content (AvgIpc) is 3.54. The Morgan fingerprint density at radius 2 is 2.03 bits per heavy atom. The van der Waals surface area contributed by atoms with Crippen molar-refractivity contribution in [2.45, 2.75) is 48.9 Å². The maximum Gasteiger partial charge on any atom is 0.261 e. The molecule has 5 rings (SSSR count). The van der Waals surface area contributed by atoms with Gasteiger partial charge in [0.15, 0.2) is 0 Å². The van der Waals surface area contributed by atoms with Gasteiger partial charge in [-0.2, -0.15) is 0 Å². The lowest BCUT2D eigenvalue weighted by molar-refractivity contribution is 0.0945. The summed E-state index contributed by atoms with van der Waals surface area (Å²) in [6.45, 7) is 2.32. The van der Waals surface area contributed by atoms with Crippen LogP contribution in [0.2, 0.25) is 0 Å². The molecule has 1 fully saturated rings. The van der Waals surface area contributed by atoms with E-state index in [4.69, 9.17) is 4.42 Å². The third-order valence-electron chi connectivity index (χ3n) is 6.01. The van der Waals surface area contributed by atoms with E-state index in [1.54, 1.807) is 17.6 Å². The molecule has 2 aliphatic rings. The zero-order valence-electron chi connectivity index (χ0n) is 16.9. The quantitative estimate of drug-likeness (QED) is 0.507. The Labute approximate surface area is 185 Å². The third-order valence-corrected chi connectivity index (χ3v) is 8.34. The zero-order valence-corrected chi connectivity index (χ0v) is 18.6. The number of thioether (sulfide) groups is 1. The van der Waals surface area contributed by atoms with Gasteiger partial charge < -0.3 is 9.73 Å². The summed E-state index contributed by atoms with van der Waals surface area (Å²) < 4.78 is 5.57. The van der Waals surface area contributed by atoms with Gasteiger partial charge in [0, 0.05) is 40.2 Å². The largest absolute Gasteiger partial charge is 0.468 e. The molecule has 2 aromatic heterocycles. The number of rotatable bonds is 7. The Balaban J connectivity index is 1.22. The number of benzene rings is 1. The van der Waals surface area contributed by atoms with Crippen LogP contribution in [0.15, 0.2) is 58.0 Å². The van der Waals surface area contributed by atoms with Gasteiger partial charge in [0.2, 0.25) is 0 Å². The van der Waals surface area contributed by atoms with Gasteiger partial charge in [-0.1, -0.05) is 31.0 Å². The number of fused-ring (bicyclic) bond motifs is 3. The first kappa shape index (κ1) is 19.9. The summed E-state index contributed by atoms with van der Waals surface area (Å²) >= 11 is 3.47. The Hall–Kier alpha value is -2.02. The number of nitrogens with one attached hydrogen (secondary N) is 1. The third kappa shape index (κ3) is 4.22. The first-order valence-corrected chi connectivity index (χ1v) is 12.5. The lowest BCUT2D eigenvalue weighted by Gasteiger charge is -2.28. The van der Waals surface area contributed by atoms with Gasteiger partial charge in [-0.15, -0.1) is 23.1 Å². The highest BCUT2D eigenvalue weighted by molar-refractivity contribution is 7.98. The lowest BCUT2D eigenvalue weighted by Crippen LogP contribution is -2.39. The minimum atomic E-state index is 0.0428. The number of nitrogens with zero attached hydrogens (tertiary/aromatic N) is 1. The average molecular weight is 439 g/mol. The Kier molecular flexibility index (Phi) is 5.97. The van der Waals surface area contributed by atoms with Gasteiger partial charge in [-0.25, -0.2) is 0 Å². The molecular weight excluding hydrogens is 412 g/mol. The molecule has 1 N–H and O–H groups in total. The normalized spacial score (nSPS) is 15.9. The number of carbonyl (C=O) groups excluding carboxylic acids is 1. The van der Waals surface area contributed by atoms with E-state index in [0.29, 0.717) is 12.6 Å². The highest BCUT2D eigenvalue weighted by Crippen LogP contribution is 2.45. The van der Waals surface area contributed by atoms with Crippen LogP contribution in [0.25, 0.3) is 10.4 Å². The molecule has 1 amide bonds. The Morgan fingerprint density at radius 1 is 1.17 bits per heavy atom. The van der Waals surface area contributed by atoms with Gasteiger partial charge in [-0.3, -0.25) is 9.69 Å². The summed E-state index contributed by atoms with van der Waals surface area (Å²) in [6.07, 6.45) is 6.81. The minimum absolute atomic E-state index is 0.0428. The van der Waals surface area contributed by atoms with Crippen LogP contribution >= 0.6 is 23.1 Å². The summed E-state index contributed by atoms with van der Waals surface area (Å²) in [5.74, 6) is 1.98. The molecule has 1 aliphatic heterocycles. The van der Waals surface area contributed by atoms with Gasteiger partial charge in [-0.05, 0) is 42.7 Å². The van der Waals surface area contributed by atoms with E-state index in [0.717, 1.165) is 29.5 Å². The predicted octanol–water partition coefficient (Wildman–Crippen LogP) is 5.79. The van der Waals surface area contributed by atoms with Crippen LogP contribution in [0, 0.1) is 0 Å². The van der Waals surface area contributed by atoms with Crippen molar-refractivity contribution in [1.82, 2.24) is 10.2 Å². The van der Waals surface area contributed by atoms with E-state index in [9.17, 15) is 4.79 Å². The molecule has 30 heavy (non-hydrogen) atoms. The maximum atomic E-state index is 12.8. The van der Waals surface area contributed by atoms with Crippen molar-refractivity contribution in [3.05, 3.63) is 64.9 Å². The topological polar surface area (TPSA) is 45.5 Å². The van der Waals surface area contributed by atoms with Gasteiger partial charge in [0.25, 0.3) is 5.91 Å². The van der Waals surface area contributed by atoms with E-state index in [-0.39, 0.29) is 5.91 Å². The molecule has 0 unspecified atom stereocenters. The van der Waals surface area contributed by atoms with Crippen molar-refractivity contribution < 1.29 is 9.21 Å². The second-order valence-corrected chi connectivity index (χ2v) is 10.1. The SMILES string of the molecule is O=C(NCCN(Cc1ccco1)C1CCCC1)c1cc2c(s1)-c1ccccc1SC2. The second-order valence-electron chi connectivity index (χ2n) is 7.99. The summed E-state index contributed by atoms with van der Waals surface area (Å²) in [5, 5.41) is 3.16. The number of thiophene rings is 1. The molecule has 0 atom stereocenters. The monoisotopic (exact) mass is 438 g/mol. The van der Waals surface area contributed by atoms with Crippen LogP contribution in [0.3, 0.4) is 0 Å². The van der Waals surface area contributed by atoms with Crippen LogP contribution in [0.4, 0.5) is 0 Å². The molecule has 1 saturated carbocycles. The van der Waals surface area contributed by atoms with Crippen molar-refractivity contribution >= 4 is 29.0 Å². The molecule has 0 saturated heterocycles. The summed E-state index contributed by atoms with van der Waals surface area (Å²) in [5.41, 5.74) is 2.54. The second kappa shape index (κ2) is 9.00. The van der Waals surface area contributed by atoms with E-state index in [2.05, 4.69) is 40.5 Å². The van der Waals surface area contributed by atoms with E-state index in [1.165, 1.54) is 46.6 Å². The fraction of sp³-hybridized carbons (Fsp3) is 0.375. The standard InChI is InChI=1S/C24H26N2O2S2/c27-24(22-14-17-16-29-21-10-4-3-9-20(21)23(17)30-22)25-11-12-26(18-6-1-2-7-18)15-19-8-5-13-28-19/h3-5,8-10,13-14,18H,1-2,6-7,11-12,15-16H2,(H,25,27). The molecule has 3 heterocycles. The van der Waals surface area contributed by atoms with E-state index < -0.39 is 0 Å². The molecule has 1 aromatic carbocycles. The van der Waals surface area contributed by atoms with Gasteiger partial charge >= 0.3 is 0 Å². The number of hydrogen-bond acceptors (Lipinski definition) is 5. The van der Waals surface area contributed by atoms with E-state index in [1.807, 2.05) is 23.9 Å². The molecule has 0 bridgehead atoms. The number of amides is 1. The van der Waals surface area contributed by atoms with Crippen LogP contribution < -0.4 is 5.32 Å². The van der Waals surface area contributed by atoms with Crippen molar-refractivity contribution in [1.29, 1.82) is 0 Å². The van der Waals surface area contributed by atoms with Crippen LogP contribution in [-0.4, -0.2) is 29.9 Å². The molecule has 156 valence electrons. The van der Waals surface area contributed by atoms with Crippen LogP contribution in [-0.2, 0) is 12.3 Å². The number of carbonyl (C=O) groups is 1. The highest BCUT2D eigenvalue weighted by atomic mass is 32.2. The Morgan fingerprint density at radius 3 is 2.87 bits per heavy atom. The lowest BCUT2D eigenvalue weighted by atomic mass is 10.1. The van der Waals surface area contributed by atoms with Crippen LogP contribution in [0.5, 0.6) is 0 Å². The Bertz CT molecular complexity index is 1010. The molecule has 0 radical (unpaired) electrons. The molecule has 4 nitrogen and oxygen atoms in total. The fourth-order valence-electron chi connectivity index (χ4n) is 4.47. The highest BCUT2D eigenvalue weighted by Gasteiger charge is 2.24. The first-order chi connectivity index (χ1) is 14.8. The van der Waals surface area contributed by atoms with Gasteiger partial charge in [0.1, 0.15) is 5.76 Å². The van der Waals surface area contributed by atoms with Crippen molar-refractivity contribution in [2.75, 3.05) is 13.1 Å². The maximum absolute atomic E-state index is 12.8. The molecule has 0 spiro atoms. The van der Waals surface area contributed by atoms with E-state index >= 15 is 0 Å². The van der Waals surface area contributed by atoms with Crippen molar-refractivity contribution in [3.8, 4) is 10.4 Å². The fourth-order valence-corrected chi connectivity index (χ4v) is 6.81. The molecule has 6 heteroatoms. The summed E-state index contributed by atoms with van der Waals surface area (Å²) in [6, 6.07) is 15.1. The molecule has 3 aromatic rings. The minimum Gasteiger partial charge on any atom is -0.468 e. The summed E-state index contributed by atoms with van der Waals surface area (Å²) in [7, 11) is 0. The zero-order chi connectivity index (χ0) is 20.3. The summed E-state index contributed by atoms with van der Waals surface area (Å²) in [4.78, 5) is 18.7. The van der Waals surface area contributed by atoms with Crippen molar-refractivity contribution in [3.63, 3.8) is 0 Å². The molecule has 1 aliphatic carbocycles. The number of hydrogen-bond donors (Lipinski definition) is 1. The number of furan rings is 1.